The molecule has 3 heterocycles. The first-order chi connectivity index (χ1) is 10.3. The third-order valence-corrected chi connectivity index (χ3v) is 2.95. The van der Waals surface area contributed by atoms with Gasteiger partial charge in [-0.05, 0) is 23.7 Å². The first kappa shape index (κ1) is 14.4. The highest BCUT2D eigenvalue weighted by molar-refractivity contribution is 6.21. The summed E-state index contributed by atoms with van der Waals surface area (Å²) < 4.78 is 31.8. The lowest BCUT2D eigenvalue weighted by Gasteiger charge is -1.98. The maximum Gasteiger partial charge on any atom is 0.400 e. The summed E-state index contributed by atoms with van der Waals surface area (Å²) in [6.45, 7) is 0. The molecule has 0 radical (unpaired) electrons. The number of carbonyl (C=O) groups excluding carboxylic acids is 1. The number of pyridine rings is 1. The summed E-state index contributed by atoms with van der Waals surface area (Å²) >= 11 is 4.82. The zero-order chi connectivity index (χ0) is 15.9. The van der Waals surface area contributed by atoms with E-state index in [1.165, 1.54) is 0 Å². The smallest absolute Gasteiger partial charge is 0.369 e. The fraction of sp³-hybridized carbons (Fsp3) is 0.167. The number of nitrogens with zero attached hydrogens (tertiary/aromatic N) is 4. The molecule has 0 unspecified atom stereocenters. The van der Waals surface area contributed by atoms with E-state index >= 15 is 0 Å². The second-order valence-electron chi connectivity index (χ2n) is 4.48. The van der Waals surface area contributed by atoms with Crippen molar-refractivity contribution in [1.29, 1.82) is 0 Å². The Balaban J connectivity index is 1.97. The molecule has 0 spiro atoms. The van der Waals surface area contributed by atoms with E-state index in [4.69, 9.17) is 17.3 Å². The molecule has 10 heteroatoms. The van der Waals surface area contributed by atoms with Crippen LogP contribution in [-0.2, 0) is 16.6 Å². The quantitative estimate of drug-likeness (QED) is 0.735. The molecule has 0 aliphatic carbocycles. The summed E-state index contributed by atoms with van der Waals surface area (Å²) in [4.78, 5) is 18.6. The second-order valence-corrected chi connectivity index (χ2v) is 4.95. The molecular weight excluding hydrogens is 320 g/mol. The topological polar surface area (TPSA) is 99.3 Å². The molecule has 114 valence electrons. The zero-order valence-electron chi connectivity index (χ0n) is 10.8. The number of imidazole rings is 1. The van der Waals surface area contributed by atoms with Crippen LogP contribution in [0.3, 0.4) is 0 Å². The van der Waals surface area contributed by atoms with E-state index in [9.17, 15) is 13.6 Å². The molecule has 0 aliphatic heterocycles. The van der Waals surface area contributed by atoms with E-state index in [1.54, 1.807) is 28.9 Å². The van der Waals surface area contributed by atoms with Gasteiger partial charge in [0, 0.05) is 18.0 Å². The number of amides is 1. The van der Waals surface area contributed by atoms with Crippen molar-refractivity contribution in [2.75, 3.05) is 0 Å². The molecule has 0 atom stereocenters. The predicted molar refractivity (Wildman–Crippen MR) is 71.1 cm³/mol. The lowest BCUT2D eigenvalue weighted by atomic mass is 10.2. The van der Waals surface area contributed by atoms with Crippen LogP contribution in [0.1, 0.15) is 11.6 Å². The molecule has 22 heavy (non-hydrogen) atoms. The molecule has 0 fully saturated rings. The van der Waals surface area contributed by atoms with E-state index in [2.05, 4.69) is 19.6 Å². The number of halogens is 3. The maximum atomic E-state index is 12.9. The Morgan fingerprint density at radius 1 is 1.45 bits per heavy atom. The van der Waals surface area contributed by atoms with Gasteiger partial charge in [-0.25, -0.2) is 4.98 Å². The normalized spacial score (nSPS) is 12.0. The molecule has 0 saturated heterocycles. The van der Waals surface area contributed by atoms with Gasteiger partial charge in [-0.3, -0.25) is 4.79 Å². The molecule has 0 saturated carbocycles. The van der Waals surface area contributed by atoms with Crippen molar-refractivity contribution >= 4 is 23.2 Å². The lowest BCUT2D eigenvalue weighted by Crippen LogP contribution is -2.13. The molecule has 0 aromatic carbocycles. The summed E-state index contributed by atoms with van der Waals surface area (Å²) in [5.74, 6) is -1.53. The van der Waals surface area contributed by atoms with Crippen LogP contribution in [0, 0.1) is 0 Å². The Morgan fingerprint density at radius 3 is 2.86 bits per heavy atom. The average molecular weight is 328 g/mol. The first-order valence-corrected chi connectivity index (χ1v) is 6.38. The fourth-order valence-corrected chi connectivity index (χ4v) is 1.97. The van der Waals surface area contributed by atoms with E-state index in [0.29, 0.717) is 16.9 Å². The highest BCUT2D eigenvalue weighted by Crippen LogP contribution is 2.32. The monoisotopic (exact) mass is 327 g/mol. The number of alkyl halides is 3. The Bertz CT molecular complexity index is 855. The SMILES string of the molecule is NC(=O)Cc1cn2ccc(-c3noc(C(F)(F)Cl)n3)cc2n1. The van der Waals surface area contributed by atoms with Crippen LogP contribution >= 0.6 is 11.6 Å². The Morgan fingerprint density at radius 2 is 2.23 bits per heavy atom. The third kappa shape index (κ3) is 2.75. The van der Waals surface area contributed by atoms with E-state index < -0.39 is 17.2 Å². The fourth-order valence-electron chi connectivity index (χ4n) is 1.89. The lowest BCUT2D eigenvalue weighted by molar-refractivity contribution is -0.117. The first-order valence-electron chi connectivity index (χ1n) is 6.00. The van der Waals surface area contributed by atoms with Crippen molar-refractivity contribution in [2.45, 2.75) is 11.8 Å². The molecule has 3 aromatic rings. The van der Waals surface area contributed by atoms with Gasteiger partial charge in [-0.1, -0.05) is 5.16 Å². The average Bonchev–Trinajstić information content (AvgIpc) is 3.01. The van der Waals surface area contributed by atoms with Crippen molar-refractivity contribution < 1.29 is 18.1 Å². The van der Waals surface area contributed by atoms with Gasteiger partial charge in [0.1, 0.15) is 5.65 Å². The minimum Gasteiger partial charge on any atom is -0.369 e. The van der Waals surface area contributed by atoms with E-state index in [1.807, 2.05) is 0 Å². The summed E-state index contributed by atoms with van der Waals surface area (Å²) in [5, 5.41) is -0.272. The summed E-state index contributed by atoms with van der Waals surface area (Å²) in [6.07, 6.45) is 3.26. The summed E-state index contributed by atoms with van der Waals surface area (Å²) in [5.41, 5.74) is 6.50. The van der Waals surface area contributed by atoms with Crippen LogP contribution in [0.25, 0.3) is 17.0 Å². The van der Waals surface area contributed by atoms with Gasteiger partial charge in [0.05, 0.1) is 12.1 Å². The number of rotatable bonds is 4. The molecule has 0 bridgehead atoms. The van der Waals surface area contributed by atoms with Crippen molar-refractivity contribution in [2.24, 2.45) is 5.73 Å². The predicted octanol–water partition coefficient (Wildman–Crippen LogP) is 1.70. The maximum absolute atomic E-state index is 12.9. The van der Waals surface area contributed by atoms with Gasteiger partial charge < -0.3 is 14.7 Å². The highest BCUT2D eigenvalue weighted by atomic mass is 35.5. The van der Waals surface area contributed by atoms with Crippen molar-refractivity contribution in [1.82, 2.24) is 19.5 Å². The molecule has 2 N–H and O–H groups in total. The number of carbonyl (C=O) groups is 1. The van der Waals surface area contributed by atoms with Crippen LogP contribution in [0.2, 0.25) is 0 Å². The van der Waals surface area contributed by atoms with Crippen LogP contribution < -0.4 is 5.73 Å². The van der Waals surface area contributed by atoms with Gasteiger partial charge in [0.15, 0.2) is 0 Å². The minimum absolute atomic E-state index is 0.00183. The number of hydrogen-bond donors (Lipinski definition) is 1. The number of aromatic nitrogens is 4. The van der Waals surface area contributed by atoms with Crippen molar-refractivity contribution in [3.8, 4) is 11.4 Å². The van der Waals surface area contributed by atoms with Crippen LogP contribution in [-0.4, -0.2) is 25.4 Å². The van der Waals surface area contributed by atoms with Crippen molar-refractivity contribution in [3.05, 3.63) is 36.1 Å². The van der Waals surface area contributed by atoms with Crippen LogP contribution in [0.15, 0.2) is 29.0 Å². The van der Waals surface area contributed by atoms with Gasteiger partial charge in [0.25, 0.3) is 0 Å². The standard InChI is InChI=1S/C12H8ClF2N5O2/c13-12(14,15)11-18-10(19-22-11)6-1-2-20-5-7(4-8(16)21)17-9(20)3-6/h1-3,5H,4H2,(H2,16,21). The minimum atomic E-state index is -3.72. The molecule has 3 aromatic heterocycles. The third-order valence-electron chi connectivity index (χ3n) is 2.79. The van der Waals surface area contributed by atoms with Crippen molar-refractivity contribution in [3.63, 3.8) is 0 Å². The number of hydrogen-bond acceptors (Lipinski definition) is 5. The Labute approximate surface area is 126 Å². The zero-order valence-corrected chi connectivity index (χ0v) is 11.6. The summed E-state index contributed by atoms with van der Waals surface area (Å²) in [6, 6.07) is 3.15. The van der Waals surface area contributed by atoms with E-state index in [0.717, 1.165) is 0 Å². The van der Waals surface area contributed by atoms with Gasteiger partial charge >= 0.3 is 11.3 Å². The highest BCUT2D eigenvalue weighted by Gasteiger charge is 2.35. The molecular formula is C12H8ClF2N5O2. The number of fused-ring (bicyclic) bond motifs is 1. The van der Waals surface area contributed by atoms with Gasteiger partial charge in [0.2, 0.25) is 11.7 Å². The van der Waals surface area contributed by atoms with E-state index in [-0.39, 0.29) is 12.2 Å². The van der Waals surface area contributed by atoms with Gasteiger partial charge in [-0.2, -0.15) is 13.8 Å². The number of primary amides is 1. The molecule has 3 rings (SSSR count). The molecule has 7 nitrogen and oxygen atoms in total. The van der Waals surface area contributed by atoms with Crippen LogP contribution in [0.5, 0.6) is 0 Å². The number of nitrogens with two attached hydrogens (primary N) is 1. The Kier molecular flexibility index (Phi) is 3.28. The molecule has 1 amide bonds. The molecule has 0 aliphatic rings. The Hall–Kier alpha value is -2.55. The summed E-state index contributed by atoms with van der Waals surface area (Å²) in [7, 11) is 0. The van der Waals surface area contributed by atoms with Gasteiger partial charge in [-0.15, -0.1) is 0 Å². The van der Waals surface area contributed by atoms with Crippen LogP contribution in [0.4, 0.5) is 8.78 Å². The largest absolute Gasteiger partial charge is 0.400 e. The second kappa shape index (κ2) is 5.02.